The molecule has 1 saturated heterocycles. The average molecular weight is 411 g/mol. The second kappa shape index (κ2) is 8.52. The summed E-state index contributed by atoms with van der Waals surface area (Å²) in [6.07, 6.45) is 0.253. The summed E-state index contributed by atoms with van der Waals surface area (Å²) in [6, 6.07) is 11.9. The van der Waals surface area contributed by atoms with Crippen molar-refractivity contribution >= 4 is 5.91 Å². The first-order valence-electron chi connectivity index (χ1n) is 9.75. The molecule has 1 aromatic heterocycles. The van der Waals surface area contributed by atoms with E-state index in [1.807, 2.05) is 13.0 Å². The highest BCUT2D eigenvalue weighted by Crippen LogP contribution is 2.33. The first kappa shape index (κ1) is 19.9. The lowest BCUT2D eigenvalue weighted by molar-refractivity contribution is -0.128. The van der Waals surface area contributed by atoms with Crippen molar-refractivity contribution in [2.75, 3.05) is 20.3 Å². The van der Waals surface area contributed by atoms with E-state index in [9.17, 15) is 9.18 Å². The number of likely N-dealkylation sites (tertiary alicyclic amines) is 1. The second-order valence-electron chi connectivity index (χ2n) is 7.02. The van der Waals surface area contributed by atoms with Gasteiger partial charge in [-0.1, -0.05) is 23.4 Å². The van der Waals surface area contributed by atoms with E-state index in [0.29, 0.717) is 41.9 Å². The van der Waals surface area contributed by atoms with E-state index in [2.05, 4.69) is 10.1 Å². The standard InChI is InChI=1S/C22H22FN3O4/c1-3-29-18-9-8-14(10-19(18)28-2)21-24-22(30-25-21)16-11-20(27)26(13-16)12-15-6-4-5-7-17(15)23/h4-10,16H,3,11-13H2,1-2H3. The van der Waals surface area contributed by atoms with Crippen molar-refractivity contribution in [3.8, 4) is 22.9 Å². The molecule has 1 unspecified atom stereocenters. The van der Waals surface area contributed by atoms with Crippen molar-refractivity contribution in [1.29, 1.82) is 0 Å². The molecule has 4 rings (SSSR count). The summed E-state index contributed by atoms with van der Waals surface area (Å²) in [6.45, 7) is 3.05. The molecule has 0 bridgehead atoms. The van der Waals surface area contributed by atoms with Crippen LogP contribution in [0.2, 0.25) is 0 Å². The first-order chi connectivity index (χ1) is 14.6. The molecule has 1 aliphatic rings. The Balaban J connectivity index is 1.49. The number of carbonyl (C=O) groups excluding carboxylic acids is 1. The zero-order chi connectivity index (χ0) is 21.1. The van der Waals surface area contributed by atoms with Gasteiger partial charge in [0.2, 0.25) is 17.6 Å². The van der Waals surface area contributed by atoms with E-state index in [0.717, 1.165) is 5.56 Å². The van der Waals surface area contributed by atoms with Gasteiger partial charge in [0.05, 0.1) is 19.6 Å². The fraction of sp³-hybridized carbons (Fsp3) is 0.318. The molecule has 2 heterocycles. The fourth-order valence-electron chi connectivity index (χ4n) is 3.52. The number of amides is 1. The van der Waals surface area contributed by atoms with Crippen molar-refractivity contribution in [2.24, 2.45) is 0 Å². The number of nitrogens with zero attached hydrogens (tertiary/aromatic N) is 3. The number of hydrogen-bond donors (Lipinski definition) is 0. The number of halogens is 1. The molecule has 30 heavy (non-hydrogen) atoms. The predicted octanol–water partition coefficient (Wildman–Crippen LogP) is 3.80. The highest BCUT2D eigenvalue weighted by molar-refractivity contribution is 5.79. The van der Waals surface area contributed by atoms with Gasteiger partial charge in [0.25, 0.3) is 0 Å². The maximum absolute atomic E-state index is 13.9. The summed E-state index contributed by atoms with van der Waals surface area (Å²) >= 11 is 0. The van der Waals surface area contributed by atoms with Crippen LogP contribution in [0.15, 0.2) is 47.0 Å². The highest BCUT2D eigenvalue weighted by atomic mass is 19.1. The minimum atomic E-state index is -0.321. The highest BCUT2D eigenvalue weighted by Gasteiger charge is 2.34. The Bertz CT molecular complexity index is 1050. The zero-order valence-corrected chi connectivity index (χ0v) is 16.8. The van der Waals surface area contributed by atoms with E-state index >= 15 is 0 Å². The number of rotatable bonds is 7. The monoisotopic (exact) mass is 411 g/mol. The van der Waals surface area contributed by atoms with Crippen molar-refractivity contribution in [3.63, 3.8) is 0 Å². The van der Waals surface area contributed by atoms with Gasteiger partial charge in [-0.3, -0.25) is 4.79 Å². The molecule has 8 heteroatoms. The molecular weight excluding hydrogens is 389 g/mol. The van der Waals surface area contributed by atoms with E-state index in [1.54, 1.807) is 42.3 Å². The van der Waals surface area contributed by atoms with Crippen molar-refractivity contribution in [1.82, 2.24) is 15.0 Å². The summed E-state index contributed by atoms with van der Waals surface area (Å²) < 4.78 is 30.3. The van der Waals surface area contributed by atoms with Crippen LogP contribution in [0, 0.1) is 5.82 Å². The van der Waals surface area contributed by atoms with Crippen LogP contribution >= 0.6 is 0 Å². The molecule has 0 N–H and O–H groups in total. The molecule has 2 aromatic carbocycles. The lowest BCUT2D eigenvalue weighted by atomic mass is 10.1. The van der Waals surface area contributed by atoms with E-state index in [-0.39, 0.29) is 30.6 Å². The predicted molar refractivity (Wildman–Crippen MR) is 107 cm³/mol. The molecule has 0 radical (unpaired) electrons. The number of ether oxygens (including phenoxy) is 2. The van der Waals surface area contributed by atoms with Gasteiger partial charge in [0.1, 0.15) is 5.82 Å². The van der Waals surface area contributed by atoms with Gasteiger partial charge in [0, 0.05) is 30.6 Å². The summed E-state index contributed by atoms with van der Waals surface area (Å²) in [4.78, 5) is 18.5. The molecule has 3 aromatic rings. The molecule has 1 amide bonds. The molecule has 1 aliphatic heterocycles. The Morgan fingerprint density at radius 1 is 1.23 bits per heavy atom. The smallest absolute Gasteiger partial charge is 0.232 e. The van der Waals surface area contributed by atoms with Gasteiger partial charge in [-0.05, 0) is 31.2 Å². The molecule has 0 spiro atoms. The summed E-state index contributed by atoms with van der Waals surface area (Å²) in [5, 5.41) is 4.06. The molecule has 156 valence electrons. The van der Waals surface area contributed by atoms with Crippen LogP contribution in [0.1, 0.15) is 30.7 Å². The number of aromatic nitrogens is 2. The van der Waals surface area contributed by atoms with E-state index in [4.69, 9.17) is 14.0 Å². The Kier molecular flexibility index (Phi) is 5.65. The van der Waals surface area contributed by atoms with Gasteiger partial charge in [-0.2, -0.15) is 4.98 Å². The topological polar surface area (TPSA) is 77.7 Å². The van der Waals surface area contributed by atoms with Gasteiger partial charge in [-0.25, -0.2) is 4.39 Å². The van der Waals surface area contributed by atoms with Crippen LogP contribution in [0.3, 0.4) is 0 Å². The van der Waals surface area contributed by atoms with Crippen molar-refractivity contribution < 1.29 is 23.2 Å². The first-order valence-corrected chi connectivity index (χ1v) is 9.75. The molecule has 0 saturated carbocycles. The van der Waals surface area contributed by atoms with Crippen LogP contribution in [0.5, 0.6) is 11.5 Å². The normalized spacial score (nSPS) is 16.2. The van der Waals surface area contributed by atoms with Gasteiger partial charge < -0.3 is 18.9 Å². The van der Waals surface area contributed by atoms with Crippen LogP contribution in [0.4, 0.5) is 4.39 Å². The third-order valence-electron chi connectivity index (χ3n) is 5.05. The lowest BCUT2D eigenvalue weighted by Gasteiger charge is -2.16. The third-order valence-corrected chi connectivity index (χ3v) is 5.05. The van der Waals surface area contributed by atoms with E-state index < -0.39 is 0 Å². The van der Waals surface area contributed by atoms with E-state index in [1.165, 1.54) is 6.07 Å². The Morgan fingerprint density at radius 3 is 2.83 bits per heavy atom. The Labute approximate surface area is 173 Å². The molecular formula is C22H22FN3O4. The van der Waals surface area contributed by atoms with Crippen molar-refractivity contribution in [3.05, 3.63) is 59.7 Å². The molecule has 1 atom stereocenters. The summed E-state index contributed by atoms with van der Waals surface area (Å²) in [5.41, 5.74) is 1.21. The van der Waals surface area contributed by atoms with Crippen LogP contribution in [-0.2, 0) is 11.3 Å². The number of hydrogen-bond acceptors (Lipinski definition) is 6. The fourth-order valence-corrected chi connectivity index (χ4v) is 3.52. The Hall–Kier alpha value is -3.42. The summed E-state index contributed by atoms with van der Waals surface area (Å²) in [5.74, 6) is 1.40. The maximum atomic E-state index is 13.9. The second-order valence-corrected chi connectivity index (χ2v) is 7.02. The molecule has 0 aliphatic carbocycles. The summed E-state index contributed by atoms with van der Waals surface area (Å²) in [7, 11) is 1.57. The zero-order valence-electron chi connectivity index (χ0n) is 16.8. The Morgan fingerprint density at radius 2 is 2.07 bits per heavy atom. The number of methoxy groups -OCH3 is 1. The minimum absolute atomic E-state index is 0.0641. The molecule has 1 fully saturated rings. The van der Waals surface area contributed by atoms with Crippen LogP contribution in [-0.4, -0.2) is 41.2 Å². The number of carbonyl (C=O) groups is 1. The average Bonchev–Trinajstić information content (AvgIpc) is 3.37. The van der Waals surface area contributed by atoms with Crippen molar-refractivity contribution in [2.45, 2.75) is 25.8 Å². The minimum Gasteiger partial charge on any atom is -0.493 e. The third kappa shape index (κ3) is 3.98. The molecule has 7 nitrogen and oxygen atoms in total. The quantitative estimate of drug-likeness (QED) is 0.589. The van der Waals surface area contributed by atoms with Gasteiger partial charge in [-0.15, -0.1) is 0 Å². The van der Waals surface area contributed by atoms with Crippen LogP contribution < -0.4 is 9.47 Å². The van der Waals surface area contributed by atoms with Gasteiger partial charge in [0.15, 0.2) is 11.5 Å². The lowest BCUT2D eigenvalue weighted by Crippen LogP contribution is -2.24. The van der Waals surface area contributed by atoms with Gasteiger partial charge >= 0.3 is 0 Å². The maximum Gasteiger partial charge on any atom is 0.232 e. The SMILES string of the molecule is CCOc1ccc(-c2noc(C3CC(=O)N(Cc4ccccc4F)C3)n2)cc1OC. The largest absolute Gasteiger partial charge is 0.493 e. The number of benzene rings is 2. The van der Waals surface area contributed by atoms with Crippen LogP contribution in [0.25, 0.3) is 11.4 Å².